The molecule has 0 fully saturated rings. The molecule has 142 valence electrons. The summed E-state index contributed by atoms with van der Waals surface area (Å²) >= 11 is 0. The molecule has 0 saturated carbocycles. The van der Waals surface area contributed by atoms with Crippen molar-refractivity contribution in [3.05, 3.63) is 54.4 Å². The average molecular weight is 368 g/mol. The first-order valence-electron chi connectivity index (χ1n) is 8.90. The van der Waals surface area contributed by atoms with E-state index in [1.54, 1.807) is 16.7 Å². The maximum Gasteiger partial charge on any atom is 0.417 e. The lowest BCUT2D eigenvalue weighted by Crippen LogP contribution is -2.38. The van der Waals surface area contributed by atoms with E-state index < -0.39 is 11.7 Å². The van der Waals surface area contributed by atoms with E-state index in [4.69, 9.17) is 9.15 Å². The number of aromatic nitrogens is 1. The van der Waals surface area contributed by atoms with E-state index in [1.165, 1.54) is 18.1 Å². The van der Waals surface area contributed by atoms with Gasteiger partial charge in [0.1, 0.15) is 5.60 Å². The van der Waals surface area contributed by atoms with Crippen LogP contribution < -0.4 is 4.90 Å². The number of anilines is 1. The van der Waals surface area contributed by atoms with Crippen molar-refractivity contribution >= 4 is 28.8 Å². The van der Waals surface area contributed by atoms with Gasteiger partial charge in [0, 0.05) is 31.1 Å². The smallest absolute Gasteiger partial charge is 0.417 e. The average Bonchev–Trinajstić information content (AvgIpc) is 3.22. The molecule has 0 radical (unpaired) electrons. The van der Waals surface area contributed by atoms with Crippen molar-refractivity contribution in [2.45, 2.75) is 39.7 Å². The molecule has 0 aliphatic carbocycles. The number of fused-ring (bicyclic) bond motifs is 1. The van der Waals surface area contributed by atoms with Gasteiger partial charge < -0.3 is 9.15 Å². The quantitative estimate of drug-likeness (QED) is 0.658. The Morgan fingerprint density at radius 2 is 1.89 bits per heavy atom. The molecule has 6 nitrogen and oxygen atoms in total. The number of carbonyl (C=O) groups is 2. The highest BCUT2D eigenvalue weighted by atomic mass is 16.6. The first-order chi connectivity index (χ1) is 12.8. The Balaban J connectivity index is 1.87. The summed E-state index contributed by atoms with van der Waals surface area (Å²) in [5.41, 5.74) is 1.25. The summed E-state index contributed by atoms with van der Waals surface area (Å²) in [4.78, 5) is 26.0. The maximum atomic E-state index is 12.6. The number of para-hydroxylation sites is 1. The normalized spacial score (nSPS) is 11.6. The van der Waals surface area contributed by atoms with Gasteiger partial charge in [0.2, 0.25) is 11.8 Å². The van der Waals surface area contributed by atoms with Gasteiger partial charge >= 0.3 is 6.09 Å². The van der Waals surface area contributed by atoms with E-state index in [9.17, 15) is 9.59 Å². The minimum Gasteiger partial charge on any atom is -0.448 e. The molecule has 3 rings (SSSR count). The highest BCUT2D eigenvalue weighted by Crippen LogP contribution is 2.24. The number of rotatable bonds is 4. The van der Waals surface area contributed by atoms with Gasteiger partial charge in [0.15, 0.2) is 0 Å². The third-order valence-corrected chi connectivity index (χ3v) is 4.12. The van der Waals surface area contributed by atoms with E-state index in [1.807, 2.05) is 51.2 Å². The van der Waals surface area contributed by atoms with Crippen LogP contribution in [0.2, 0.25) is 0 Å². The molecule has 1 aromatic carbocycles. The molecule has 0 bridgehead atoms. The standard InChI is InChI=1S/C21H24N2O4/c1-15(24)23-14-16(17-8-5-6-9-18(17)23)11-12-22(19-10-7-13-26-19)20(25)27-21(2,3)4/h5-10,13-14H,11-12H2,1-4H3. The molecule has 1 amide bonds. The summed E-state index contributed by atoms with van der Waals surface area (Å²) in [7, 11) is 0. The number of nitrogens with zero attached hydrogens (tertiary/aromatic N) is 2. The number of amides is 1. The zero-order chi connectivity index (χ0) is 19.6. The van der Waals surface area contributed by atoms with Gasteiger partial charge in [-0.05, 0) is 44.9 Å². The van der Waals surface area contributed by atoms with Crippen LogP contribution in [0.3, 0.4) is 0 Å². The Bertz CT molecular complexity index is 948. The molecular weight excluding hydrogens is 344 g/mol. The third-order valence-electron chi connectivity index (χ3n) is 4.12. The Morgan fingerprint density at radius 3 is 2.52 bits per heavy atom. The molecule has 0 aliphatic rings. The zero-order valence-electron chi connectivity index (χ0n) is 16.1. The Kier molecular flexibility index (Phi) is 5.08. The van der Waals surface area contributed by atoms with Gasteiger partial charge in [-0.1, -0.05) is 18.2 Å². The van der Waals surface area contributed by atoms with Crippen LogP contribution in [0.25, 0.3) is 10.9 Å². The maximum absolute atomic E-state index is 12.6. The second-order valence-corrected chi connectivity index (χ2v) is 7.39. The monoisotopic (exact) mass is 368 g/mol. The minimum atomic E-state index is -0.605. The topological polar surface area (TPSA) is 64.7 Å². The largest absolute Gasteiger partial charge is 0.448 e. The van der Waals surface area contributed by atoms with Crippen molar-refractivity contribution in [3.8, 4) is 0 Å². The molecular formula is C21H24N2O4. The Hall–Kier alpha value is -3.02. The van der Waals surface area contributed by atoms with Gasteiger partial charge in [-0.3, -0.25) is 9.36 Å². The van der Waals surface area contributed by atoms with E-state index in [0.29, 0.717) is 18.8 Å². The van der Waals surface area contributed by atoms with E-state index in [-0.39, 0.29) is 5.91 Å². The summed E-state index contributed by atoms with van der Waals surface area (Å²) in [6, 6.07) is 11.2. The van der Waals surface area contributed by atoms with Crippen LogP contribution >= 0.6 is 0 Å². The lowest BCUT2D eigenvalue weighted by Gasteiger charge is -2.25. The van der Waals surface area contributed by atoms with Crippen LogP contribution in [0.1, 0.15) is 38.1 Å². The fraction of sp³-hybridized carbons (Fsp3) is 0.333. The molecule has 3 aromatic rings. The van der Waals surface area contributed by atoms with E-state index >= 15 is 0 Å². The molecule has 0 saturated heterocycles. The van der Waals surface area contributed by atoms with Gasteiger partial charge in [0.05, 0.1) is 11.8 Å². The lowest BCUT2D eigenvalue weighted by molar-refractivity contribution is 0.0574. The van der Waals surface area contributed by atoms with Crippen molar-refractivity contribution < 1.29 is 18.7 Å². The molecule has 0 aliphatic heterocycles. The number of furan rings is 1. The second kappa shape index (κ2) is 7.31. The minimum absolute atomic E-state index is 0.0486. The molecule has 2 aromatic heterocycles. The highest BCUT2D eigenvalue weighted by molar-refractivity contribution is 5.93. The predicted molar refractivity (Wildman–Crippen MR) is 104 cm³/mol. The van der Waals surface area contributed by atoms with Crippen LogP contribution in [-0.4, -0.2) is 28.7 Å². The van der Waals surface area contributed by atoms with E-state index in [0.717, 1.165) is 16.5 Å². The SMILES string of the molecule is CC(=O)n1cc(CCN(C(=O)OC(C)(C)C)c2ccco2)c2ccccc21. The molecule has 0 spiro atoms. The molecule has 6 heteroatoms. The van der Waals surface area contributed by atoms with Crippen LogP contribution in [-0.2, 0) is 11.2 Å². The third kappa shape index (κ3) is 4.22. The van der Waals surface area contributed by atoms with Crippen LogP contribution in [0.15, 0.2) is 53.3 Å². The van der Waals surface area contributed by atoms with Gasteiger partial charge in [0.25, 0.3) is 0 Å². The number of ether oxygens (including phenoxy) is 1. The Labute approximate surface area is 158 Å². The molecule has 0 N–H and O–H groups in total. The van der Waals surface area contributed by atoms with Gasteiger partial charge in [-0.2, -0.15) is 0 Å². The number of hydrogen-bond donors (Lipinski definition) is 0. The zero-order valence-corrected chi connectivity index (χ0v) is 16.1. The van der Waals surface area contributed by atoms with Crippen molar-refractivity contribution in [1.82, 2.24) is 4.57 Å². The highest BCUT2D eigenvalue weighted by Gasteiger charge is 2.25. The van der Waals surface area contributed by atoms with Crippen LogP contribution in [0, 0.1) is 0 Å². The van der Waals surface area contributed by atoms with Gasteiger partial charge in [-0.25, -0.2) is 9.69 Å². The fourth-order valence-electron chi connectivity index (χ4n) is 2.97. The second-order valence-electron chi connectivity index (χ2n) is 7.39. The number of carbonyl (C=O) groups excluding carboxylic acids is 2. The van der Waals surface area contributed by atoms with Gasteiger partial charge in [-0.15, -0.1) is 0 Å². The summed E-state index contributed by atoms with van der Waals surface area (Å²) in [5.74, 6) is 0.382. The lowest BCUT2D eigenvalue weighted by atomic mass is 10.1. The number of benzene rings is 1. The summed E-state index contributed by atoms with van der Waals surface area (Å²) < 4.78 is 12.6. The van der Waals surface area contributed by atoms with Crippen molar-refractivity contribution in [2.24, 2.45) is 0 Å². The first-order valence-corrected chi connectivity index (χ1v) is 8.90. The van der Waals surface area contributed by atoms with Crippen molar-refractivity contribution in [3.63, 3.8) is 0 Å². The van der Waals surface area contributed by atoms with Crippen molar-refractivity contribution in [2.75, 3.05) is 11.4 Å². The van der Waals surface area contributed by atoms with Crippen LogP contribution in [0.5, 0.6) is 0 Å². The first kappa shape index (κ1) is 18.8. The van der Waals surface area contributed by atoms with Crippen molar-refractivity contribution in [1.29, 1.82) is 0 Å². The molecule has 0 unspecified atom stereocenters. The van der Waals surface area contributed by atoms with Crippen LogP contribution in [0.4, 0.5) is 10.7 Å². The number of hydrogen-bond acceptors (Lipinski definition) is 4. The molecule has 27 heavy (non-hydrogen) atoms. The summed E-state index contributed by atoms with van der Waals surface area (Å²) in [5, 5.41) is 0.997. The molecule has 0 atom stereocenters. The predicted octanol–water partition coefficient (Wildman–Crippen LogP) is 4.88. The molecule has 2 heterocycles. The van der Waals surface area contributed by atoms with E-state index in [2.05, 4.69) is 0 Å². The summed E-state index contributed by atoms with van der Waals surface area (Å²) in [6.07, 6.45) is 3.45. The fourth-order valence-corrected chi connectivity index (χ4v) is 2.97. The Morgan fingerprint density at radius 1 is 1.15 bits per heavy atom. The summed E-state index contributed by atoms with van der Waals surface area (Å²) in [6.45, 7) is 7.38.